The number of aromatic nitrogens is 2. The highest BCUT2D eigenvalue weighted by molar-refractivity contribution is 6.28. The van der Waals surface area contributed by atoms with Gasteiger partial charge in [-0.05, 0) is 38.4 Å². The van der Waals surface area contributed by atoms with Crippen LogP contribution in [0.25, 0.3) is 0 Å². The zero-order valence-electron chi connectivity index (χ0n) is 9.61. The summed E-state index contributed by atoms with van der Waals surface area (Å²) >= 11 is 5.78. The first-order valence-electron chi connectivity index (χ1n) is 5.50. The standard InChI is InChI=1S/C11H16ClN3O/c1-8-7-10(14-11(12)13-8)16-9-3-5-15(2)6-4-9/h7,9H,3-6H2,1-2H3. The molecule has 0 bridgehead atoms. The summed E-state index contributed by atoms with van der Waals surface area (Å²) in [5.74, 6) is 0.590. The maximum atomic E-state index is 5.80. The fourth-order valence-corrected chi connectivity index (χ4v) is 2.06. The van der Waals surface area contributed by atoms with Crippen molar-refractivity contribution in [3.8, 4) is 5.88 Å². The third kappa shape index (κ3) is 3.06. The van der Waals surface area contributed by atoms with Gasteiger partial charge in [0.2, 0.25) is 11.2 Å². The Bertz CT molecular complexity index is 344. The summed E-state index contributed by atoms with van der Waals surface area (Å²) in [4.78, 5) is 10.4. The minimum absolute atomic E-state index is 0.251. The topological polar surface area (TPSA) is 38.2 Å². The lowest BCUT2D eigenvalue weighted by atomic mass is 10.1. The molecule has 0 N–H and O–H groups in total. The van der Waals surface area contributed by atoms with Crippen molar-refractivity contribution in [2.75, 3.05) is 20.1 Å². The molecule has 2 rings (SSSR count). The largest absolute Gasteiger partial charge is 0.474 e. The van der Waals surface area contributed by atoms with Crippen molar-refractivity contribution in [2.45, 2.75) is 25.9 Å². The van der Waals surface area contributed by atoms with E-state index >= 15 is 0 Å². The van der Waals surface area contributed by atoms with Gasteiger partial charge in [-0.25, -0.2) is 4.98 Å². The second-order valence-corrected chi connectivity index (χ2v) is 4.58. The van der Waals surface area contributed by atoms with Gasteiger partial charge in [-0.1, -0.05) is 0 Å². The van der Waals surface area contributed by atoms with E-state index in [-0.39, 0.29) is 11.4 Å². The molecule has 0 atom stereocenters. The molecule has 1 saturated heterocycles. The number of piperidine rings is 1. The Hall–Kier alpha value is -0.870. The molecular weight excluding hydrogens is 226 g/mol. The summed E-state index contributed by atoms with van der Waals surface area (Å²) in [5, 5.41) is 0.253. The van der Waals surface area contributed by atoms with Crippen LogP contribution >= 0.6 is 11.6 Å². The van der Waals surface area contributed by atoms with Gasteiger partial charge in [-0.2, -0.15) is 4.98 Å². The number of hydrogen-bond acceptors (Lipinski definition) is 4. The van der Waals surface area contributed by atoms with E-state index in [1.807, 2.05) is 13.0 Å². The number of aryl methyl sites for hydroxylation is 1. The number of likely N-dealkylation sites (tertiary alicyclic amines) is 1. The zero-order chi connectivity index (χ0) is 11.5. The van der Waals surface area contributed by atoms with Crippen molar-refractivity contribution in [3.05, 3.63) is 17.0 Å². The van der Waals surface area contributed by atoms with Crippen LogP contribution in [0.1, 0.15) is 18.5 Å². The quantitative estimate of drug-likeness (QED) is 0.742. The fourth-order valence-electron chi connectivity index (χ4n) is 1.84. The van der Waals surface area contributed by atoms with Gasteiger partial charge in [-0.3, -0.25) is 0 Å². The van der Waals surface area contributed by atoms with Crippen molar-refractivity contribution in [1.29, 1.82) is 0 Å². The van der Waals surface area contributed by atoms with Crippen LogP contribution in [-0.2, 0) is 0 Å². The van der Waals surface area contributed by atoms with E-state index in [0.29, 0.717) is 5.88 Å². The van der Waals surface area contributed by atoms with Crippen LogP contribution in [0, 0.1) is 6.92 Å². The molecule has 0 saturated carbocycles. The minimum atomic E-state index is 0.251. The van der Waals surface area contributed by atoms with Crippen LogP contribution in [0.4, 0.5) is 0 Å². The van der Waals surface area contributed by atoms with Gasteiger partial charge >= 0.3 is 0 Å². The van der Waals surface area contributed by atoms with E-state index < -0.39 is 0 Å². The van der Waals surface area contributed by atoms with E-state index in [1.54, 1.807) is 0 Å². The highest BCUT2D eigenvalue weighted by Crippen LogP contribution is 2.18. The Balaban J connectivity index is 1.98. The lowest BCUT2D eigenvalue weighted by Gasteiger charge is -2.28. The SMILES string of the molecule is Cc1cc(OC2CCN(C)CC2)nc(Cl)n1. The van der Waals surface area contributed by atoms with Crippen LogP contribution in [0.3, 0.4) is 0 Å². The van der Waals surface area contributed by atoms with Gasteiger partial charge in [0.25, 0.3) is 0 Å². The zero-order valence-corrected chi connectivity index (χ0v) is 10.4. The number of hydrogen-bond donors (Lipinski definition) is 0. The molecule has 1 aliphatic heterocycles. The highest BCUT2D eigenvalue weighted by atomic mass is 35.5. The third-order valence-electron chi connectivity index (χ3n) is 2.76. The minimum Gasteiger partial charge on any atom is -0.474 e. The van der Waals surface area contributed by atoms with Crippen LogP contribution in [0.5, 0.6) is 5.88 Å². The van der Waals surface area contributed by atoms with E-state index in [2.05, 4.69) is 21.9 Å². The monoisotopic (exact) mass is 241 g/mol. The third-order valence-corrected chi connectivity index (χ3v) is 2.93. The number of halogens is 1. The highest BCUT2D eigenvalue weighted by Gasteiger charge is 2.18. The van der Waals surface area contributed by atoms with Crippen molar-refractivity contribution < 1.29 is 4.74 Å². The molecule has 0 radical (unpaired) electrons. The Morgan fingerprint density at radius 1 is 1.38 bits per heavy atom. The van der Waals surface area contributed by atoms with Gasteiger partial charge in [0.15, 0.2) is 0 Å². The van der Waals surface area contributed by atoms with Crippen LogP contribution in [-0.4, -0.2) is 41.1 Å². The molecule has 4 nitrogen and oxygen atoms in total. The Kier molecular flexibility index (Phi) is 3.61. The van der Waals surface area contributed by atoms with E-state index in [9.17, 15) is 0 Å². The molecule has 16 heavy (non-hydrogen) atoms. The van der Waals surface area contributed by atoms with Crippen molar-refractivity contribution in [1.82, 2.24) is 14.9 Å². The van der Waals surface area contributed by atoms with Crippen LogP contribution < -0.4 is 4.74 Å². The maximum absolute atomic E-state index is 5.80. The molecule has 0 aromatic carbocycles. The average Bonchev–Trinajstić information content (AvgIpc) is 2.20. The summed E-state index contributed by atoms with van der Waals surface area (Å²) in [6, 6.07) is 1.82. The summed E-state index contributed by atoms with van der Waals surface area (Å²) in [5.41, 5.74) is 0.836. The predicted octanol–water partition coefficient (Wildman–Crippen LogP) is 1.91. The van der Waals surface area contributed by atoms with E-state index in [0.717, 1.165) is 31.6 Å². The molecule has 0 spiro atoms. The summed E-state index contributed by atoms with van der Waals surface area (Å²) in [6.07, 6.45) is 2.33. The van der Waals surface area contributed by atoms with Gasteiger partial charge in [-0.15, -0.1) is 0 Å². The Morgan fingerprint density at radius 3 is 2.69 bits per heavy atom. The first-order chi connectivity index (χ1) is 7.63. The molecular formula is C11H16ClN3O. The van der Waals surface area contributed by atoms with Crippen molar-refractivity contribution in [2.24, 2.45) is 0 Å². The fraction of sp³-hybridized carbons (Fsp3) is 0.636. The summed E-state index contributed by atoms with van der Waals surface area (Å²) < 4.78 is 5.80. The first-order valence-corrected chi connectivity index (χ1v) is 5.87. The molecule has 0 amide bonds. The number of rotatable bonds is 2. The van der Waals surface area contributed by atoms with E-state index in [1.165, 1.54) is 0 Å². The second-order valence-electron chi connectivity index (χ2n) is 4.24. The number of ether oxygens (including phenoxy) is 1. The van der Waals surface area contributed by atoms with Gasteiger partial charge in [0, 0.05) is 24.8 Å². The van der Waals surface area contributed by atoms with Crippen molar-refractivity contribution in [3.63, 3.8) is 0 Å². The molecule has 0 unspecified atom stereocenters. The molecule has 5 heteroatoms. The molecule has 1 aliphatic rings. The molecule has 0 aliphatic carbocycles. The molecule has 1 aromatic rings. The smallest absolute Gasteiger partial charge is 0.225 e. The number of nitrogens with zero attached hydrogens (tertiary/aromatic N) is 3. The lowest BCUT2D eigenvalue weighted by molar-refractivity contribution is 0.110. The van der Waals surface area contributed by atoms with Gasteiger partial charge < -0.3 is 9.64 Å². The van der Waals surface area contributed by atoms with Crippen molar-refractivity contribution >= 4 is 11.6 Å². The molecule has 1 aromatic heterocycles. The maximum Gasteiger partial charge on any atom is 0.225 e. The molecule has 1 fully saturated rings. The Labute approximate surface area is 101 Å². The average molecular weight is 242 g/mol. The molecule has 2 heterocycles. The normalized spacial score (nSPS) is 18.7. The Morgan fingerprint density at radius 2 is 2.06 bits per heavy atom. The van der Waals surface area contributed by atoms with Gasteiger partial charge in [0.05, 0.1) is 0 Å². The van der Waals surface area contributed by atoms with Gasteiger partial charge in [0.1, 0.15) is 6.10 Å². The van der Waals surface area contributed by atoms with E-state index in [4.69, 9.17) is 16.3 Å². The predicted molar refractivity (Wildman–Crippen MR) is 62.9 cm³/mol. The molecule has 88 valence electrons. The van der Waals surface area contributed by atoms with Crippen LogP contribution in [0.2, 0.25) is 5.28 Å². The summed E-state index contributed by atoms with van der Waals surface area (Å²) in [6.45, 7) is 4.03. The lowest BCUT2D eigenvalue weighted by Crippen LogP contribution is -2.35. The van der Waals surface area contributed by atoms with Crippen LogP contribution in [0.15, 0.2) is 6.07 Å². The second kappa shape index (κ2) is 4.97. The first kappa shape index (κ1) is 11.6. The summed E-state index contributed by atoms with van der Waals surface area (Å²) in [7, 11) is 2.13.